The normalized spacial score (nSPS) is 45.8. The molecule has 0 saturated carbocycles. The molecule has 0 aliphatic carbocycles. The maximum Gasteiger partial charge on any atom is 0.308 e. The Morgan fingerprint density at radius 2 is 1.72 bits per heavy atom. The highest BCUT2D eigenvalue weighted by molar-refractivity contribution is 5.91. The summed E-state index contributed by atoms with van der Waals surface area (Å²) in [5, 5.41) is 23.2. The molecular formula is C37H59NO12. The number of ketones is 2. The quantitative estimate of drug-likeness (QED) is 0.215. The van der Waals surface area contributed by atoms with Crippen LogP contribution in [0.25, 0.3) is 0 Å². The molecule has 1 unspecified atom stereocenters. The number of Topliss-reactive ketones (excluding diaryl/α,β-unsaturated/α-hetero) is 1. The van der Waals surface area contributed by atoms with Gasteiger partial charge in [-0.1, -0.05) is 27.7 Å². The zero-order valence-electron chi connectivity index (χ0n) is 31.1. The number of aliphatic hydroxyl groups is 2. The molecule has 13 nitrogen and oxygen atoms in total. The van der Waals surface area contributed by atoms with Crippen LogP contribution in [0.1, 0.15) is 87.0 Å². The number of carbonyl (C=O) groups excluding carboxylic acids is 4. The average molecular weight is 710 g/mol. The maximum atomic E-state index is 13.4. The first-order chi connectivity index (χ1) is 23.5. The number of likely N-dealkylation sites (N-methyl/N-ethyl adjacent to an activating group) is 1. The van der Waals surface area contributed by atoms with Crippen molar-refractivity contribution in [3.05, 3.63) is 12.2 Å². The second kappa shape index (κ2) is 17.2. The van der Waals surface area contributed by atoms with E-state index in [-0.39, 0.29) is 42.9 Å². The van der Waals surface area contributed by atoms with Gasteiger partial charge < -0.3 is 48.3 Å². The molecule has 0 aromatic rings. The van der Waals surface area contributed by atoms with Gasteiger partial charge in [-0.25, -0.2) is 0 Å². The minimum atomic E-state index is -1.25. The number of aldehydes is 1. The molecule has 284 valence electrons. The number of allylic oxidation sites excluding steroid dienone is 1. The topological polar surface area (TPSA) is 171 Å². The molecule has 4 rings (SSSR count). The number of cyclic esters (lactones) is 1. The van der Waals surface area contributed by atoms with E-state index in [1.807, 2.05) is 25.7 Å². The Morgan fingerprint density at radius 3 is 2.34 bits per heavy atom. The maximum absolute atomic E-state index is 13.4. The fourth-order valence-corrected chi connectivity index (χ4v) is 7.86. The van der Waals surface area contributed by atoms with E-state index < -0.39 is 90.7 Å². The van der Waals surface area contributed by atoms with Crippen molar-refractivity contribution in [2.24, 2.45) is 23.7 Å². The molecule has 13 heteroatoms. The van der Waals surface area contributed by atoms with Crippen LogP contribution in [0.5, 0.6) is 0 Å². The van der Waals surface area contributed by atoms with Crippen molar-refractivity contribution < 1.29 is 57.8 Å². The van der Waals surface area contributed by atoms with Crippen molar-refractivity contribution in [3.63, 3.8) is 0 Å². The zero-order valence-corrected chi connectivity index (χ0v) is 31.1. The first-order valence-electron chi connectivity index (χ1n) is 18.2. The minimum absolute atomic E-state index is 0.00295. The Labute approximate surface area is 296 Å². The second-order valence-corrected chi connectivity index (χ2v) is 15.3. The van der Waals surface area contributed by atoms with Gasteiger partial charge in [0.05, 0.1) is 36.9 Å². The van der Waals surface area contributed by atoms with Crippen molar-refractivity contribution in [3.8, 4) is 0 Å². The van der Waals surface area contributed by atoms with Gasteiger partial charge in [-0.15, -0.1) is 0 Å². The van der Waals surface area contributed by atoms with E-state index in [1.165, 1.54) is 6.08 Å². The van der Waals surface area contributed by atoms with Crippen LogP contribution >= 0.6 is 0 Å². The number of esters is 1. The molecule has 0 aromatic carbocycles. The third-order valence-corrected chi connectivity index (χ3v) is 11.1. The fraction of sp³-hybridized carbons (Fsp3) is 0.838. The molecule has 0 aromatic heterocycles. The van der Waals surface area contributed by atoms with E-state index in [0.29, 0.717) is 19.3 Å². The molecule has 50 heavy (non-hydrogen) atoms. The summed E-state index contributed by atoms with van der Waals surface area (Å²) in [7, 11) is 3.60. The van der Waals surface area contributed by atoms with Gasteiger partial charge in [0.1, 0.15) is 36.3 Å². The third kappa shape index (κ3) is 9.46. The van der Waals surface area contributed by atoms with Gasteiger partial charge in [0.15, 0.2) is 24.1 Å². The van der Waals surface area contributed by atoms with Crippen molar-refractivity contribution in [2.75, 3.05) is 14.1 Å². The summed E-state index contributed by atoms with van der Waals surface area (Å²) in [5.41, 5.74) is -0.679. The number of fused-ring (bicyclic) bond motifs is 1. The number of rotatable bonds is 8. The van der Waals surface area contributed by atoms with Crippen LogP contribution < -0.4 is 0 Å². The van der Waals surface area contributed by atoms with Crippen LogP contribution in [0, 0.1) is 23.7 Å². The smallest absolute Gasteiger partial charge is 0.308 e. The largest absolute Gasteiger partial charge is 0.462 e. The fourth-order valence-electron chi connectivity index (χ4n) is 7.86. The summed E-state index contributed by atoms with van der Waals surface area (Å²) in [5.74, 6) is -2.69. The van der Waals surface area contributed by atoms with Gasteiger partial charge in [-0.2, -0.15) is 0 Å². The van der Waals surface area contributed by atoms with E-state index in [4.69, 9.17) is 28.4 Å². The molecule has 16 atom stereocenters. The van der Waals surface area contributed by atoms with Crippen LogP contribution in [0.15, 0.2) is 12.2 Å². The molecular weight excluding hydrogens is 650 g/mol. The summed E-state index contributed by atoms with van der Waals surface area (Å²) in [6, 6.07) is -0.625. The molecule has 3 saturated heterocycles. The summed E-state index contributed by atoms with van der Waals surface area (Å²) in [6.45, 7) is 12.7. The summed E-state index contributed by atoms with van der Waals surface area (Å²) < 4.78 is 36.8. The van der Waals surface area contributed by atoms with Gasteiger partial charge >= 0.3 is 5.97 Å². The lowest BCUT2D eigenvalue weighted by atomic mass is 9.79. The molecule has 0 amide bonds. The summed E-state index contributed by atoms with van der Waals surface area (Å²) >= 11 is 0. The lowest BCUT2D eigenvalue weighted by Crippen LogP contribution is -2.64. The number of aliphatic hydroxyl groups excluding tert-OH is 2. The predicted molar refractivity (Wildman–Crippen MR) is 181 cm³/mol. The van der Waals surface area contributed by atoms with Gasteiger partial charge in [0.25, 0.3) is 0 Å². The molecule has 4 aliphatic rings. The lowest BCUT2D eigenvalue weighted by molar-refractivity contribution is -0.327. The van der Waals surface area contributed by atoms with E-state index in [1.54, 1.807) is 47.9 Å². The van der Waals surface area contributed by atoms with E-state index in [2.05, 4.69) is 0 Å². The van der Waals surface area contributed by atoms with E-state index in [9.17, 15) is 29.4 Å². The SMILES string of the molecule is CC[C@H]1OC(=O)C[C@@H](O)[C@H](C)[C@@H](O[C@@H]2O[C@H](C)[C@@H](O[C@@H]3CCC(=O)C(C)O3)[C@H](N(C)C)[C@H]2O)[C@@H](CC=O)C[C@@H](C)C(=O)/C=C/[C@]2(C)O[C@H]2[C@@H]1C. The summed E-state index contributed by atoms with van der Waals surface area (Å²) in [4.78, 5) is 52.5. The average Bonchev–Trinajstić information content (AvgIpc) is 3.74. The number of ether oxygens (including phenoxy) is 6. The van der Waals surface area contributed by atoms with E-state index in [0.717, 1.165) is 6.29 Å². The molecule has 4 aliphatic heterocycles. The predicted octanol–water partition coefficient (Wildman–Crippen LogP) is 2.76. The molecule has 4 heterocycles. The Balaban J connectivity index is 1.61. The van der Waals surface area contributed by atoms with Crippen molar-refractivity contribution >= 4 is 23.8 Å². The minimum Gasteiger partial charge on any atom is -0.462 e. The molecule has 0 radical (unpaired) electrons. The van der Waals surface area contributed by atoms with Crippen LogP contribution in [0.2, 0.25) is 0 Å². The molecule has 0 spiro atoms. The Morgan fingerprint density at radius 1 is 1.02 bits per heavy atom. The standard InChI is InChI=1S/C37H59NO12/c1-10-28-21(4)35-37(7,50-35)15-13-25(40)19(2)17-24(14-16-39)33(20(3)27(42)18-29(43)47-28)49-36-32(44)31(38(8)9)34(23(6)46-36)48-30-12-11-26(41)22(5)45-30/h13,15-16,19-24,27-28,30-36,42,44H,10-12,14,17-18H2,1-9H3/b15-13+/t19-,20+,21-,22?,23-,24+,27-,28-,30-,31-,32-,33-,34-,35+,36+,37+/m1/s1. The highest BCUT2D eigenvalue weighted by Gasteiger charge is 2.55. The number of hydrogen-bond acceptors (Lipinski definition) is 13. The molecule has 0 bridgehead atoms. The van der Waals surface area contributed by atoms with Gasteiger partial charge in [-0.05, 0) is 65.8 Å². The number of hydrogen-bond donors (Lipinski definition) is 2. The Kier molecular flexibility index (Phi) is 14.0. The first-order valence-corrected chi connectivity index (χ1v) is 18.2. The first kappa shape index (κ1) is 40.7. The van der Waals surface area contributed by atoms with Crippen molar-refractivity contribution in [1.82, 2.24) is 4.90 Å². The highest BCUT2D eigenvalue weighted by atomic mass is 16.7. The van der Waals surface area contributed by atoms with Gasteiger partial charge in [0, 0.05) is 37.0 Å². The lowest BCUT2D eigenvalue weighted by Gasteiger charge is -2.49. The van der Waals surface area contributed by atoms with Crippen molar-refractivity contribution in [2.45, 2.75) is 160 Å². The highest BCUT2D eigenvalue weighted by Crippen LogP contribution is 2.45. The second-order valence-electron chi connectivity index (χ2n) is 15.3. The van der Waals surface area contributed by atoms with Gasteiger partial charge in [0.2, 0.25) is 0 Å². The number of carbonyl (C=O) groups is 4. The van der Waals surface area contributed by atoms with Crippen LogP contribution in [-0.2, 0) is 47.6 Å². The van der Waals surface area contributed by atoms with Crippen LogP contribution in [0.3, 0.4) is 0 Å². The van der Waals surface area contributed by atoms with Gasteiger partial charge in [-0.3, -0.25) is 14.4 Å². The zero-order chi connectivity index (χ0) is 37.1. The number of epoxide rings is 1. The summed E-state index contributed by atoms with van der Waals surface area (Å²) in [6.07, 6.45) is -2.63. The van der Waals surface area contributed by atoms with Crippen molar-refractivity contribution in [1.29, 1.82) is 0 Å². The van der Waals surface area contributed by atoms with Crippen LogP contribution in [-0.4, -0.2) is 126 Å². The third-order valence-electron chi connectivity index (χ3n) is 11.1. The molecule has 3 fully saturated rings. The molecule has 2 N–H and O–H groups in total. The van der Waals surface area contributed by atoms with E-state index >= 15 is 0 Å². The Hall–Kier alpha value is -2.10. The number of nitrogens with zero attached hydrogens (tertiary/aromatic N) is 1. The monoisotopic (exact) mass is 709 g/mol. The van der Waals surface area contributed by atoms with Crippen LogP contribution in [0.4, 0.5) is 0 Å². The Bertz CT molecular complexity index is 1230.